The first-order chi connectivity index (χ1) is 25.8. The molecule has 1 aromatic carbocycles. The second kappa shape index (κ2) is 14.2. The molecular formula is C39H47F2N7O5S. The number of amides is 1. The highest BCUT2D eigenvalue weighted by atomic mass is 32.1. The van der Waals surface area contributed by atoms with Crippen LogP contribution in [0.5, 0.6) is 0 Å². The van der Waals surface area contributed by atoms with Crippen LogP contribution in [-0.2, 0) is 49.6 Å². The number of nitrogens with zero attached hydrogens (tertiary/aromatic N) is 5. The molecule has 8 rings (SSSR count). The maximum atomic E-state index is 16.1. The van der Waals surface area contributed by atoms with Gasteiger partial charge in [-0.1, -0.05) is 13.8 Å². The van der Waals surface area contributed by atoms with E-state index in [9.17, 15) is 9.59 Å². The fourth-order valence-corrected chi connectivity index (χ4v) is 9.11. The van der Waals surface area contributed by atoms with Crippen molar-refractivity contribution in [2.24, 2.45) is 11.1 Å². The summed E-state index contributed by atoms with van der Waals surface area (Å²) < 4.78 is 51.3. The summed E-state index contributed by atoms with van der Waals surface area (Å²) in [5.74, 6) is -3.82. The van der Waals surface area contributed by atoms with Crippen LogP contribution in [0.1, 0.15) is 61.5 Å². The van der Waals surface area contributed by atoms with Crippen molar-refractivity contribution < 1.29 is 32.6 Å². The number of carbonyl (C=O) groups is 2. The number of rotatable bonds is 4. The number of hydrogen-bond acceptors (Lipinski definition) is 11. The summed E-state index contributed by atoms with van der Waals surface area (Å²) in [5, 5.41) is 4.82. The number of pyridine rings is 1. The predicted molar refractivity (Wildman–Crippen MR) is 201 cm³/mol. The second-order valence-corrected chi connectivity index (χ2v) is 16.7. The summed E-state index contributed by atoms with van der Waals surface area (Å²) in [6.07, 6.45) is 2.69. The van der Waals surface area contributed by atoms with Crippen molar-refractivity contribution in [3.8, 4) is 22.5 Å². The Hall–Kier alpha value is -4.02. The lowest BCUT2D eigenvalue weighted by atomic mass is 9.84. The van der Waals surface area contributed by atoms with Gasteiger partial charge in [-0.05, 0) is 55.5 Å². The summed E-state index contributed by atoms with van der Waals surface area (Å²) in [5.41, 5.74) is 15.2. The average molecular weight is 764 g/mol. The Kier molecular flexibility index (Phi) is 9.74. The average Bonchev–Trinajstić information content (AvgIpc) is 3.74. The van der Waals surface area contributed by atoms with E-state index in [0.717, 1.165) is 27.7 Å². The number of nitrogens with two attached hydrogens (primary N) is 1. The predicted octanol–water partition coefficient (Wildman–Crippen LogP) is 5.05. The molecule has 3 atom stereocenters. The number of esters is 1. The molecule has 3 N–H and O–H groups in total. The van der Waals surface area contributed by atoms with Crippen molar-refractivity contribution in [1.82, 2.24) is 25.0 Å². The van der Waals surface area contributed by atoms with Crippen LogP contribution >= 0.6 is 11.3 Å². The minimum Gasteiger partial charge on any atom is -0.464 e. The van der Waals surface area contributed by atoms with Gasteiger partial charge in [-0.15, -0.1) is 11.3 Å². The number of benzene rings is 1. The van der Waals surface area contributed by atoms with Gasteiger partial charge in [-0.3, -0.25) is 19.6 Å². The number of morpholine rings is 1. The van der Waals surface area contributed by atoms with E-state index < -0.39 is 48.5 Å². The zero-order valence-electron chi connectivity index (χ0n) is 31.1. The molecule has 0 spiro atoms. The summed E-state index contributed by atoms with van der Waals surface area (Å²) in [4.78, 5) is 38.9. The van der Waals surface area contributed by atoms with Gasteiger partial charge in [-0.2, -0.15) is 0 Å². The van der Waals surface area contributed by atoms with Crippen LogP contribution < -0.4 is 16.1 Å². The van der Waals surface area contributed by atoms with E-state index in [0.29, 0.717) is 85.3 Å². The van der Waals surface area contributed by atoms with Gasteiger partial charge >= 0.3 is 5.97 Å². The molecule has 2 saturated heterocycles. The van der Waals surface area contributed by atoms with Gasteiger partial charge in [0.15, 0.2) is 0 Å². The zero-order chi connectivity index (χ0) is 37.9. The minimum atomic E-state index is -3.04. The van der Waals surface area contributed by atoms with Crippen molar-refractivity contribution in [3.63, 3.8) is 0 Å². The first kappa shape index (κ1) is 36.9. The molecule has 1 amide bonds. The Morgan fingerprint density at radius 3 is 2.70 bits per heavy atom. The highest BCUT2D eigenvalue weighted by Crippen LogP contribution is 2.47. The van der Waals surface area contributed by atoms with E-state index in [1.807, 2.05) is 44.5 Å². The van der Waals surface area contributed by atoms with Crippen LogP contribution in [0.15, 0.2) is 29.8 Å². The third kappa shape index (κ3) is 7.00. The number of hydrogen-bond donors (Lipinski definition) is 2. The van der Waals surface area contributed by atoms with Gasteiger partial charge < -0.3 is 29.4 Å². The number of carbonyl (C=O) groups excluding carboxylic acids is 2. The molecule has 6 bridgehead atoms. The summed E-state index contributed by atoms with van der Waals surface area (Å²) >= 11 is 1.38. The summed E-state index contributed by atoms with van der Waals surface area (Å²) in [6, 6.07) is 4.34. The van der Waals surface area contributed by atoms with E-state index in [2.05, 4.69) is 16.4 Å². The molecule has 2 fully saturated rings. The quantitative estimate of drug-likeness (QED) is 0.272. The molecule has 4 aliphatic heterocycles. The number of thiazole rings is 1. The Labute approximate surface area is 316 Å². The number of methoxy groups -OCH3 is 1. The highest BCUT2D eigenvalue weighted by molar-refractivity contribution is 7.10. The number of ether oxygens (including phenoxy) is 3. The lowest BCUT2D eigenvalue weighted by Gasteiger charge is -2.34. The molecule has 0 aliphatic carbocycles. The largest absolute Gasteiger partial charge is 0.464 e. The van der Waals surface area contributed by atoms with Crippen LogP contribution in [0.3, 0.4) is 0 Å². The number of halogens is 2. The van der Waals surface area contributed by atoms with E-state index in [4.69, 9.17) is 29.9 Å². The molecule has 0 unspecified atom stereocenters. The monoisotopic (exact) mass is 763 g/mol. The summed E-state index contributed by atoms with van der Waals surface area (Å²) in [6.45, 7) is 8.46. The first-order valence-corrected chi connectivity index (χ1v) is 19.5. The Balaban J connectivity index is 1.35. The minimum absolute atomic E-state index is 0.0646. The molecule has 15 heteroatoms. The van der Waals surface area contributed by atoms with Crippen molar-refractivity contribution >= 4 is 39.8 Å². The van der Waals surface area contributed by atoms with Crippen molar-refractivity contribution in [1.29, 1.82) is 0 Å². The lowest BCUT2D eigenvalue weighted by Crippen LogP contribution is -2.59. The summed E-state index contributed by atoms with van der Waals surface area (Å²) in [7, 11) is 1.62. The van der Waals surface area contributed by atoms with Crippen LogP contribution in [-0.4, -0.2) is 96.0 Å². The van der Waals surface area contributed by atoms with Gasteiger partial charge in [-0.25, -0.2) is 19.2 Å². The maximum absolute atomic E-state index is 16.1. The molecule has 3 aromatic heterocycles. The lowest BCUT2D eigenvalue weighted by molar-refractivity contribution is -0.154. The molecule has 54 heavy (non-hydrogen) atoms. The third-order valence-electron chi connectivity index (χ3n) is 11.0. The Morgan fingerprint density at radius 1 is 1.13 bits per heavy atom. The van der Waals surface area contributed by atoms with Crippen LogP contribution in [0.25, 0.3) is 33.4 Å². The Bertz CT molecular complexity index is 2090. The molecule has 288 valence electrons. The fraction of sp³-hybridized carbons (Fsp3) is 0.538. The topological polar surface area (TPSA) is 137 Å². The normalized spacial score (nSPS) is 23.6. The molecule has 0 radical (unpaired) electrons. The van der Waals surface area contributed by atoms with Gasteiger partial charge in [0.1, 0.15) is 6.04 Å². The molecule has 4 aromatic rings. The number of nitrogens with one attached hydrogen (secondary N) is 1. The van der Waals surface area contributed by atoms with Crippen molar-refractivity contribution in [2.75, 3.05) is 51.5 Å². The molecular weight excluding hydrogens is 717 g/mol. The van der Waals surface area contributed by atoms with Gasteiger partial charge in [0, 0.05) is 66.9 Å². The number of hydrazine groups is 1. The number of aromatic nitrogens is 3. The standard InChI is InChI=1S/C39H47F2N7O5S/c1-22(51-4)33-27(14-25(18-43-33)46-8-10-52-11-9-46)35-28-17-38(2,3)21-53-37(50)30-6-5-7-48(45-30)36(49)29(42)15-32-44-31(19-54-32)23-12-24-16-39(40,41)20-47(35)34(24)26(28)13-23/h12-14,18-19,22,29-30,45H,5-11,15-17,20-21,42H2,1-4H3/t22-,29-,30-/m0/s1. The number of anilines is 1. The smallest absolute Gasteiger partial charge is 0.324 e. The van der Waals surface area contributed by atoms with Crippen LogP contribution in [0.4, 0.5) is 14.5 Å². The van der Waals surface area contributed by atoms with E-state index in [1.54, 1.807) is 11.7 Å². The van der Waals surface area contributed by atoms with Crippen LogP contribution in [0, 0.1) is 5.41 Å². The second-order valence-electron chi connectivity index (χ2n) is 15.8. The SMILES string of the molecule is CO[C@@H](C)c1ncc(N2CCOCC2)cc1-c1c2c3cc(cc4c3n1CC(F)(F)C4)-c1csc(n1)C[C@H](N)C(=O)N1CCC[C@H](N1)C(=O)OCC(C)(C)C2. The van der Waals surface area contributed by atoms with Gasteiger partial charge in [0.05, 0.1) is 78.0 Å². The first-order valence-electron chi connectivity index (χ1n) is 18.7. The van der Waals surface area contributed by atoms with Gasteiger partial charge in [0.25, 0.3) is 11.8 Å². The highest BCUT2D eigenvalue weighted by Gasteiger charge is 2.41. The van der Waals surface area contributed by atoms with Gasteiger partial charge in [0.2, 0.25) is 0 Å². The van der Waals surface area contributed by atoms with Crippen LogP contribution in [0.2, 0.25) is 0 Å². The molecule has 4 aliphatic rings. The number of cyclic esters (lactones) is 1. The molecule has 12 nitrogen and oxygen atoms in total. The van der Waals surface area contributed by atoms with E-state index >= 15 is 8.78 Å². The van der Waals surface area contributed by atoms with Crippen molar-refractivity contribution in [3.05, 3.63) is 51.6 Å². The Morgan fingerprint density at radius 2 is 1.93 bits per heavy atom. The number of fused-ring (bicyclic) bond motifs is 6. The molecule has 0 saturated carbocycles. The third-order valence-corrected chi connectivity index (χ3v) is 11.9. The van der Waals surface area contributed by atoms with E-state index in [-0.39, 0.29) is 18.9 Å². The maximum Gasteiger partial charge on any atom is 0.324 e. The van der Waals surface area contributed by atoms with E-state index in [1.165, 1.54) is 16.3 Å². The van der Waals surface area contributed by atoms with Crippen molar-refractivity contribution in [2.45, 2.75) is 83.5 Å². The number of alkyl halides is 2. The molecule has 7 heterocycles. The fourth-order valence-electron chi connectivity index (χ4n) is 8.25. The zero-order valence-corrected chi connectivity index (χ0v) is 31.9.